The normalized spacial score (nSPS) is 19.7. The summed E-state index contributed by atoms with van der Waals surface area (Å²) in [5, 5.41) is 9.31. The summed E-state index contributed by atoms with van der Waals surface area (Å²) >= 11 is 5.74. The number of ketones is 1. The van der Waals surface area contributed by atoms with Crippen molar-refractivity contribution in [2.75, 3.05) is 0 Å². The summed E-state index contributed by atoms with van der Waals surface area (Å²) in [6.45, 7) is 0. The maximum absolute atomic E-state index is 11.4. The second kappa shape index (κ2) is 2.86. The molecule has 0 aliphatic heterocycles. The van der Waals surface area contributed by atoms with E-state index in [1.807, 2.05) is 0 Å². The Hall–Kier alpha value is -1.33. The zero-order valence-electron chi connectivity index (χ0n) is 6.75. The predicted molar refractivity (Wildman–Crippen MR) is 48.8 cm³/mol. The molecule has 0 spiro atoms. The second-order valence-corrected chi connectivity index (χ2v) is 3.48. The van der Waals surface area contributed by atoms with Crippen LogP contribution >= 0.6 is 11.6 Å². The molecule has 0 bridgehead atoms. The van der Waals surface area contributed by atoms with Crippen LogP contribution in [0.25, 0.3) is 0 Å². The highest BCUT2D eigenvalue weighted by molar-refractivity contribution is 6.31. The van der Waals surface area contributed by atoms with E-state index in [1.54, 1.807) is 18.2 Å². The SMILES string of the molecule is N#CC1CC(=O)c2cc(Cl)ccc21. The van der Waals surface area contributed by atoms with Gasteiger partial charge < -0.3 is 0 Å². The topological polar surface area (TPSA) is 40.9 Å². The van der Waals surface area contributed by atoms with E-state index in [9.17, 15) is 4.79 Å². The largest absolute Gasteiger partial charge is 0.294 e. The lowest BCUT2D eigenvalue weighted by atomic mass is 10.0. The van der Waals surface area contributed by atoms with Crippen molar-refractivity contribution in [1.82, 2.24) is 0 Å². The van der Waals surface area contributed by atoms with Gasteiger partial charge >= 0.3 is 0 Å². The molecule has 0 saturated carbocycles. The molecular formula is C10H6ClNO. The van der Waals surface area contributed by atoms with Crippen molar-refractivity contribution in [1.29, 1.82) is 5.26 Å². The summed E-state index contributed by atoms with van der Waals surface area (Å²) in [5.74, 6) is -0.260. The van der Waals surface area contributed by atoms with E-state index in [2.05, 4.69) is 6.07 Å². The Labute approximate surface area is 80.7 Å². The van der Waals surface area contributed by atoms with Crippen molar-refractivity contribution in [2.24, 2.45) is 0 Å². The number of Topliss-reactive ketones (excluding diaryl/α,β-unsaturated/α-hetero) is 1. The number of hydrogen-bond acceptors (Lipinski definition) is 2. The maximum atomic E-state index is 11.4. The van der Waals surface area contributed by atoms with Gasteiger partial charge in [0.1, 0.15) is 0 Å². The number of nitrogens with zero attached hydrogens (tertiary/aromatic N) is 1. The number of fused-ring (bicyclic) bond motifs is 1. The number of nitriles is 1. The van der Waals surface area contributed by atoms with E-state index in [-0.39, 0.29) is 11.7 Å². The van der Waals surface area contributed by atoms with Crippen LogP contribution in [0.2, 0.25) is 5.02 Å². The first-order valence-electron chi connectivity index (χ1n) is 3.94. The Balaban J connectivity index is 2.60. The fourth-order valence-electron chi connectivity index (χ4n) is 1.59. The average Bonchev–Trinajstić information content (AvgIpc) is 2.43. The number of benzene rings is 1. The van der Waals surface area contributed by atoms with Gasteiger partial charge in [-0.3, -0.25) is 4.79 Å². The van der Waals surface area contributed by atoms with Crippen LogP contribution in [-0.2, 0) is 0 Å². The fraction of sp³-hybridized carbons (Fsp3) is 0.200. The molecular weight excluding hydrogens is 186 g/mol. The molecule has 0 heterocycles. The second-order valence-electron chi connectivity index (χ2n) is 3.04. The predicted octanol–water partition coefficient (Wildman–Crippen LogP) is 2.53. The summed E-state index contributed by atoms with van der Waals surface area (Å²) < 4.78 is 0. The third-order valence-electron chi connectivity index (χ3n) is 2.24. The van der Waals surface area contributed by atoms with Gasteiger partial charge in [0.2, 0.25) is 0 Å². The molecule has 0 amide bonds. The van der Waals surface area contributed by atoms with E-state index in [0.717, 1.165) is 5.56 Å². The molecule has 1 aromatic carbocycles. The standard InChI is InChI=1S/C10H6ClNO/c11-7-1-2-8-6(5-12)3-10(13)9(8)4-7/h1-2,4,6H,3H2. The van der Waals surface area contributed by atoms with Crippen LogP contribution in [0.15, 0.2) is 18.2 Å². The quantitative estimate of drug-likeness (QED) is 0.632. The Bertz CT molecular complexity index is 419. The number of rotatable bonds is 0. The van der Waals surface area contributed by atoms with E-state index in [0.29, 0.717) is 17.0 Å². The monoisotopic (exact) mass is 191 g/mol. The molecule has 0 saturated heterocycles. The van der Waals surface area contributed by atoms with Gasteiger partial charge in [0, 0.05) is 17.0 Å². The number of carbonyl (C=O) groups excluding carboxylic acids is 1. The molecule has 13 heavy (non-hydrogen) atoms. The summed E-state index contributed by atoms with van der Waals surface area (Å²) in [4.78, 5) is 11.4. The minimum Gasteiger partial charge on any atom is -0.294 e. The molecule has 0 radical (unpaired) electrons. The average molecular weight is 192 g/mol. The lowest BCUT2D eigenvalue weighted by molar-refractivity contribution is 0.0992. The first-order chi connectivity index (χ1) is 6.22. The molecule has 2 rings (SSSR count). The first-order valence-corrected chi connectivity index (χ1v) is 4.32. The number of carbonyl (C=O) groups is 1. The van der Waals surface area contributed by atoms with Gasteiger partial charge in [-0.05, 0) is 17.7 Å². The zero-order chi connectivity index (χ0) is 9.42. The van der Waals surface area contributed by atoms with E-state index in [1.165, 1.54) is 0 Å². The first kappa shape index (κ1) is 8.28. The van der Waals surface area contributed by atoms with Crippen LogP contribution in [-0.4, -0.2) is 5.78 Å². The van der Waals surface area contributed by atoms with Crippen LogP contribution in [0.1, 0.15) is 28.3 Å². The van der Waals surface area contributed by atoms with Gasteiger partial charge in [0.05, 0.1) is 12.0 Å². The Morgan fingerprint density at radius 1 is 1.54 bits per heavy atom. The van der Waals surface area contributed by atoms with Gasteiger partial charge in [-0.1, -0.05) is 17.7 Å². The minimum atomic E-state index is -0.278. The number of hydrogen-bond donors (Lipinski definition) is 0. The van der Waals surface area contributed by atoms with Crippen molar-refractivity contribution in [3.8, 4) is 6.07 Å². The lowest BCUT2D eigenvalue weighted by Crippen LogP contribution is -1.90. The van der Waals surface area contributed by atoms with Crippen LogP contribution in [0.3, 0.4) is 0 Å². The van der Waals surface area contributed by atoms with Crippen molar-refractivity contribution in [3.05, 3.63) is 34.3 Å². The summed E-state index contributed by atoms with van der Waals surface area (Å²) in [7, 11) is 0. The van der Waals surface area contributed by atoms with Gasteiger partial charge in [-0.15, -0.1) is 0 Å². The van der Waals surface area contributed by atoms with Gasteiger partial charge in [0.15, 0.2) is 5.78 Å². The Morgan fingerprint density at radius 3 is 3.00 bits per heavy atom. The molecule has 1 aliphatic rings. The fourth-order valence-corrected chi connectivity index (χ4v) is 1.77. The lowest BCUT2D eigenvalue weighted by Gasteiger charge is -1.99. The van der Waals surface area contributed by atoms with Gasteiger partial charge in [-0.25, -0.2) is 0 Å². The highest BCUT2D eigenvalue weighted by atomic mass is 35.5. The van der Waals surface area contributed by atoms with Crippen LogP contribution in [0.5, 0.6) is 0 Å². The third kappa shape index (κ3) is 1.22. The molecule has 3 heteroatoms. The van der Waals surface area contributed by atoms with Crippen molar-refractivity contribution in [2.45, 2.75) is 12.3 Å². The van der Waals surface area contributed by atoms with Crippen molar-refractivity contribution >= 4 is 17.4 Å². The molecule has 0 aromatic heterocycles. The van der Waals surface area contributed by atoms with Gasteiger partial charge in [0.25, 0.3) is 0 Å². The third-order valence-corrected chi connectivity index (χ3v) is 2.47. The maximum Gasteiger partial charge on any atom is 0.164 e. The highest BCUT2D eigenvalue weighted by Gasteiger charge is 2.28. The van der Waals surface area contributed by atoms with E-state index in [4.69, 9.17) is 16.9 Å². The van der Waals surface area contributed by atoms with Crippen molar-refractivity contribution in [3.63, 3.8) is 0 Å². The molecule has 1 aliphatic carbocycles. The smallest absolute Gasteiger partial charge is 0.164 e. The minimum absolute atomic E-state index is 0.0176. The van der Waals surface area contributed by atoms with E-state index < -0.39 is 0 Å². The Kier molecular flexibility index (Phi) is 1.82. The van der Waals surface area contributed by atoms with E-state index >= 15 is 0 Å². The summed E-state index contributed by atoms with van der Waals surface area (Å²) in [6.07, 6.45) is 0.298. The Morgan fingerprint density at radius 2 is 2.31 bits per heavy atom. The van der Waals surface area contributed by atoms with Crippen LogP contribution in [0.4, 0.5) is 0 Å². The molecule has 0 N–H and O–H groups in total. The molecule has 64 valence electrons. The van der Waals surface area contributed by atoms with Crippen LogP contribution < -0.4 is 0 Å². The highest BCUT2D eigenvalue weighted by Crippen LogP contribution is 2.33. The van der Waals surface area contributed by atoms with Crippen LogP contribution in [0, 0.1) is 11.3 Å². The molecule has 1 aromatic rings. The van der Waals surface area contributed by atoms with Gasteiger partial charge in [-0.2, -0.15) is 5.26 Å². The molecule has 1 unspecified atom stereocenters. The molecule has 1 atom stereocenters. The van der Waals surface area contributed by atoms with Crippen molar-refractivity contribution < 1.29 is 4.79 Å². The summed E-state index contributed by atoms with van der Waals surface area (Å²) in [6, 6.07) is 7.21. The molecule has 0 fully saturated rings. The summed E-state index contributed by atoms with van der Waals surface area (Å²) in [5.41, 5.74) is 1.43. The number of halogens is 1. The zero-order valence-corrected chi connectivity index (χ0v) is 7.51. The molecule has 2 nitrogen and oxygen atoms in total.